The molecule has 0 bridgehead atoms. The molecule has 0 atom stereocenters. The molecule has 7 heteroatoms. The van der Waals surface area contributed by atoms with Crippen molar-refractivity contribution in [2.24, 2.45) is 5.92 Å². The van der Waals surface area contributed by atoms with Crippen LogP contribution in [0.4, 0.5) is 5.82 Å². The van der Waals surface area contributed by atoms with Gasteiger partial charge in [-0.05, 0) is 37.8 Å². The monoisotopic (exact) mass is 362 g/mol. The van der Waals surface area contributed by atoms with Crippen molar-refractivity contribution in [1.29, 1.82) is 0 Å². The predicted molar refractivity (Wildman–Crippen MR) is 101 cm³/mol. The number of para-hydroxylation sites is 2. The maximum absolute atomic E-state index is 10.9. The lowest BCUT2D eigenvalue weighted by Crippen LogP contribution is -2.35. The zero-order chi connectivity index (χ0) is 18.8. The van der Waals surface area contributed by atoms with E-state index in [2.05, 4.69) is 19.9 Å². The number of rotatable bonds is 4. The third kappa shape index (κ3) is 3.58. The van der Waals surface area contributed by atoms with Gasteiger partial charge in [0, 0.05) is 19.5 Å². The molecule has 27 heavy (non-hydrogen) atoms. The summed E-state index contributed by atoms with van der Waals surface area (Å²) in [6.45, 7) is 3.45. The number of anilines is 1. The lowest BCUT2D eigenvalue weighted by atomic mass is 9.93. The van der Waals surface area contributed by atoms with Crippen molar-refractivity contribution < 1.29 is 9.90 Å². The molecule has 1 aliphatic heterocycles. The van der Waals surface area contributed by atoms with Gasteiger partial charge >= 0.3 is 0 Å². The van der Waals surface area contributed by atoms with E-state index in [4.69, 9.17) is 4.98 Å². The minimum atomic E-state index is -0.182. The number of nitrogens with zero attached hydrogens (tertiary/aromatic N) is 5. The van der Waals surface area contributed by atoms with E-state index in [0.717, 1.165) is 42.8 Å². The van der Waals surface area contributed by atoms with Gasteiger partial charge in [-0.25, -0.2) is 15.0 Å². The number of fused-ring (bicyclic) bond motifs is 1. The third-order valence-electron chi connectivity index (χ3n) is 5.05. The Kier molecular flexibility index (Phi) is 4.66. The number of aromatic hydroxyl groups is 1. The Hall–Kier alpha value is -3.09. The first-order valence-corrected chi connectivity index (χ1v) is 9.05. The van der Waals surface area contributed by atoms with Crippen LogP contribution in [0.5, 0.6) is 5.75 Å². The SMILES string of the molecule is Cc1nc(CC2CCN(c3cnc4ccccc4n3)CC2)nc([C]=O)c1O. The zero-order valence-electron chi connectivity index (χ0n) is 15.1. The summed E-state index contributed by atoms with van der Waals surface area (Å²) >= 11 is 0. The molecule has 0 amide bonds. The molecule has 0 aliphatic carbocycles. The van der Waals surface area contributed by atoms with Crippen molar-refractivity contribution in [2.75, 3.05) is 18.0 Å². The van der Waals surface area contributed by atoms with Crippen LogP contribution in [0.1, 0.15) is 30.1 Å². The number of benzene rings is 1. The third-order valence-corrected chi connectivity index (χ3v) is 5.05. The standard InChI is InChI=1S/C20H20N5O2/c1-13-20(27)17(12-26)23-18(22-13)10-14-6-8-25(9-7-14)19-11-21-15-4-2-3-5-16(15)24-19/h2-5,11,14,27H,6-10H2,1H3. The topological polar surface area (TPSA) is 92.1 Å². The molecule has 7 nitrogen and oxygen atoms in total. The van der Waals surface area contributed by atoms with Gasteiger partial charge in [0.15, 0.2) is 11.4 Å². The summed E-state index contributed by atoms with van der Waals surface area (Å²) in [5.41, 5.74) is 2.17. The van der Waals surface area contributed by atoms with Crippen LogP contribution in [0.3, 0.4) is 0 Å². The number of hydrogen-bond donors (Lipinski definition) is 1. The Morgan fingerprint density at radius 3 is 2.63 bits per heavy atom. The summed E-state index contributed by atoms with van der Waals surface area (Å²) in [5, 5.41) is 9.76. The van der Waals surface area contributed by atoms with E-state index in [0.29, 0.717) is 23.9 Å². The second kappa shape index (κ2) is 7.26. The average molecular weight is 362 g/mol. The second-order valence-electron chi connectivity index (χ2n) is 6.88. The average Bonchev–Trinajstić information content (AvgIpc) is 2.71. The largest absolute Gasteiger partial charge is 0.504 e. The molecule has 4 rings (SSSR count). The lowest BCUT2D eigenvalue weighted by Gasteiger charge is -2.32. The summed E-state index contributed by atoms with van der Waals surface area (Å²) in [7, 11) is 0. The highest BCUT2D eigenvalue weighted by molar-refractivity contribution is 5.77. The van der Waals surface area contributed by atoms with Gasteiger partial charge in [0.1, 0.15) is 11.6 Å². The van der Waals surface area contributed by atoms with Crippen LogP contribution in [0.25, 0.3) is 11.0 Å². The molecule has 1 aliphatic rings. The molecule has 1 N–H and O–H groups in total. The van der Waals surface area contributed by atoms with Crippen molar-refractivity contribution in [3.8, 4) is 5.75 Å². The van der Waals surface area contributed by atoms with Crippen molar-refractivity contribution in [3.05, 3.63) is 47.7 Å². The zero-order valence-corrected chi connectivity index (χ0v) is 15.1. The Balaban J connectivity index is 1.42. The van der Waals surface area contributed by atoms with Crippen LogP contribution >= 0.6 is 0 Å². The van der Waals surface area contributed by atoms with Crippen molar-refractivity contribution in [1.82, 2.24) is 19.9 Å². The predicted octanol–water partition coefficient (Wildman–Crippen LogP) is 2.35. The second-order valence-corrected chi connectivity index (χ2v) is 6.88. The quantitative estimate of drug-likeness (QED) is 0.761. The van der Waals surface area contributed by atoms with Crippen LogP contribution in [-0.4, -0.2) is 44.4 Å². The van der Waals surface area contributed by atoms with E-state index >= 15 is 0 Å². The number of aryl methyl sites for hydroxylation is 1. The number of carbonyl (C=O) groups excluding carboxylic acids is 1. The fourth-order valence-corrected chi connectivity index (χ4v) is 3.51. The van der Waals surface area contributed by atoms with E-state index in [1.165, 1.54) is 0 Å². The highest BCUT2D eigenvalue weighted by Crippen LogP contribution is 2.26. The molecule has 1 radical (unpaired) electrons. The summed E-state index contributed by atoms with van der Waals surface area (Å²) in [5.74, 6) is 1.74. The van der Waals surface area contributed by atoms with Crippen molar-refractivity contribution in [3.63, 3.8) is 0 Å². The van der Waals surface area contributed by atoms with Crippen LogP contribution in [0.2, 0.25) is 0 Å². The van der Waals surface area contributed by atoms with Crippen molar-refractivity contribution >= 4 is 23.1 Å². The van der Waals surface area contributed by atoms with Gasteiger partial charge < -0.3 is 10.0 Å². The maximum atomic E-state index is 10.9. The highest BCUT2D eigenvalue weighted by Gasteiger charge is 2.22. The smallest absolute Gasteiger partial charge is 0.257 e. The highest BCUT2D eigenvalue weighted by atomic mass is 16.3. The molecule has 0 saturated carbocycles. The van der Waals surface area contributed by atoms with E-state index in [1.54, 1.807) is 13.2 Å². The van der Waals surface area contributed by atoms with Gasteiger partial charge in [-0.1, -0.05) is 12.1 Å². The normalized spacial score (nSPS) is 15.2. The Labute approximate surface area is 157 Å². The lowest BCUT2D eigenvalue weighted by molar-refractivity contribution is 0.393. The van der Waals surface area contributed by atoms with Crippen LogP contribution in [0.15, 0.2) is 30.5 Å². The first kappa shape index (κ1) is 17.3. The van der Waals surface area contributed by atoms with Crippen LogP contribution in [-0.2, 0) is 11.2 Å². The van der Waals surface area contributed by atoms with Crippen molar-refractivity contribution in [2.45, 2.75) is 26.2 Å². The first-order chi connectivity index (χ1) is 13.1. The Morgan fingerprint density at radius 2 is 1.89 bits per heavy atom. The molecule has 0 spiro atoms. The molecule has 1 saturated heterocycles. The molecular weight excluding hydrogens is 342 g/mol. The van der Waals surface area contributed by atoms with Gasteiger partial charge in [0.25, 0.3) is 6.29 Å². The first-order valence-electron chi connectivity index (χ1n) is 9.05. The Bertz CT molecular complexity index is 983. The van der Waals surface area contributed by atoms with Gasteiger partial charge in [0.2, 0.25) is 0 Å². The fraction of sp³-hybridized carbons (Fsp3) is 0.350. The molecule has 137 valence electrons. The maximum Gasteiger partial charge on any atom is 0.257 e. The fourth-order valence-electron chi connectivity index (χ4n) is 3.51. The van der Waals surface area contributed by atoms with Gasteiger partial charge in [-0.3, -0.25) is 9.78 Å². The summed E-state index contributed by atoms with van der Waals surface area (Å²) in [4.78, 5) is 30.8. The summed E-state index contributed by atoms with van der Waals surface area (Å²) in [6, 6.07) is 7.87. The van der Waals surface area contributed by atoms with Gasteiger partial charge in [0.05, 0.1) is 22.9 Å². The minimum absolute atomic E-state index is 0.0543. The van der Waals surface area contributed by atoms with Crippen LogP contribution in [0, 0.1) is 12.8 Å². The molecule has 1 aromatic carbocycles. The van der Waals surface area contributed by atoms with Gasteiger partial charge in [-0.15, -0.1) is 0 Å². The van der Waals surface area contributed by atoms with E-state index in [1.807, 2.05) is 30.5 Å². The van der Waals surface area contributed by atoms with E-state index in [-0.39, 0.29) is 11.4 Å². The van der Waals surface area contributed by atoms with E-state index < -0.39 is 0 Å². The molecule has 2 aromatic heterocycles. The number of aromatic nitrogens is 4. The summed E-state index contributed by atoms with van der Waals surface area (Å²) in [6.07, 6.45) is 6.17. The van der Waals surface area contributed by atoms with E-state index in [9.17, 15) is 9.90 Å². The Morgan fingerprint density at radius 1 is 1.15 bits per heavy atom. The molecule has 3 heterocycles. The molecular formula is C20H20N5O2. The number of hydrogen-bond acceptors (Lipinski definition) is 7. The minimum Gasteiger partial charge on any atom is -0.504 e. The molecule has 1 fully saturated rings. The van der Waals surface area contributed by atoms with Crippen LogP contribution < -0.4 is 4.90 Å². The number of piperidine rings is 1. The molecule has 0 unspecified atom stereocenters. The molecule has 3 aromatic rings. The van der Waals surface area contributed by atoms with Gasteiger partial charge in [-0.2, -0.15) is 0 Å². The summed E-state index contributed by atoms with van der Waals surface area (Å²) < 4.78 is 0.